The monoisotopic (exact) mass is 380 g/mol. The van der Waals surface area contributed by atoms with Crippen molar-refractivity contribution >= 4 is 11.6 Å². The van der Waals surface area contributed by atoms with E-state index >= 15 is 0 Å². The number of halogens is 1. The second-order valence-corrected chi connectivity index (χ2v) is 7.58. The summed E-state index contributed by atoms with van der Waals surface area (Å²) in [5, 5.41) is 8.25. The van der Waals surface area contributed by atoms with Crippen LogP contribution >= 0.6 is 11.6 Å². The zero-order valence-electron chi connectivity index (χ0n) is 15.6. The number of aromatic nitrogens is 2. The molecule has 2 aromatic carbocycles. The van der Waals surface area contributed by atoms with E-state index in [-0.39, 0.29) is 6.04 Å². The number of hydrogen-bond donors (Lipinski definition) is 1. The van der Waals surface area contributed by atoms with Gasteiger partial charge in [0.15, 0.2) is 0 Å². The highest BCUT2D eigenvalue weighted by Gasteiger charge is 2.28. The van der Waals surface area contributed by atoms with Crippen LogP contribution in [0.2, 0.25) is 5.02 Å². The van der Waals surface area contributed by atoms with Gasteiger partial charge in [0.05, 0.1) is 11.7 Å². The summed E-state index contributed by atoms with van der Waals surface area (Å²) in [5.41, 5.74) is 5.03. The Morgan fingerprint density at radius 1 is 1.00 bits per heavy atom. The molecule has 4 nitrogen and oxygen atoms in total. The molecule has 4 rings (SSSR count). The number of aromatic amines is 1. The first kappa shape index (κ1) is 18.2. The fraction of sp³-hybridized carbons (Fsp3) is 0.318. The van der Waals surface area contributed by atoms with Gasteiger partial charge in [0.25, 0.3) is 0 Å². The van der Waals surface area contributed by atoms with Crippen molar-refractivity contribution in [1.82, 2.24) is 20.0 Å². The first-order valence-corrected chi connectivity index (χ1v) is 9.85. The second kappa shape index (κ2) is 8.26. The van der Waals surface area contributed by atoms with E-state index in [2.05, 4.69) is 69.4 Å². The van der Waals surface area contributed by atoms with Crippen molar-refractivity contribution in [3.05, 3.63) is 88.2 Å². The number of hydrogen-bond acceptors (Lipinski definition) is 3. The molecule has 0 radical (unpaired) electrons. The summed E-state index contributed by atoms with van der Waals surface area (Å²) in [6.45, 7) is 7.19. The zero-order valence-corrected chi connectivity index (χ0v) is 16.4. The maximum atomic E-state index is 6.34. The fourth-order valence-electron chi connectivity index (χ4n) is 3.92. The average molecular weight is 381 g/mol. The van der Waals surface area contributed by atoms with E-state index in [0.717, 1.165) is 43.4 Å². The van der Waals surface area contributed by atoms with Crippen LogP contribution in [0.1, 0.15) is 28.4 Å². The Morgan fingerprint density at radius 3 is 2.44 bits per heavy atom. The number of nitrogens with one attached hydrogen (secondary N) is 1. The molecule has 1 aliphatic rings. The molecular weight excluding hydrogens is 356 g/mol. The van der Waals surface area contributed by atoms with Crippen molar-refractivity contribution in [3.63, 3.8) is 0 Å². The molecule has 5 heteroatoms. The molecule has 2 heterocycles. The molecule has 1 aliphatic heterocycles. The quantitative estimate of drug-likeness (QED) is 0.717. The standard InChI is InChI=1S/C22H25ClN4/c1-17-6-2-4-8-19(17)22(21-10-11-24-25-21)27-14-12-26(13-15-27)16-18-7-3-5-9-20(18)23/h2-11,22H,12-16H2,1H3,(H,24,25). The first-order chi connectivity index (χ1) is 13.2. The lowest BCUT2D eigenvalue weighted by atomic mass is 9.96. The Bertz CT molecular complexity index is 870. The van der Waals surface area contributed by atoms with Gasteiger partial charge in [-0.3, -0.25) is 14.9 Å². The van der Waals surface area contributed by atoms with Gasteiger partial charge in [0.1, 0.15) is 0 Å². The zero-order chi connectivity index (χ0) is 18.6. The first-order valence-electron chi connectivity index (χ1n) is 9.47. The highest BCUT2D eigenvalue weighted by molar-refractivity contribution is 6.31. The van der Waals surface area contributed by atoms with Crippen molar-refractivity contribution in [1.29, 1.82) is 0 Å². The van der Waals surface area contributed by atoms with Crippen molar-refractivity contribution in [2.75, 3.05) is 26.2 Å². The van der Waals surface area contributed by atoms with Crippen LogP contribution < -0.4 is 0 Å². The van der Waals surface area contributed by atoms with Gasteiger partial charge in [-0.25, -0.2) is 0 Å². The van der Waals surface area contributed by atoms with Gasteiger partial charge >= 0.3 is 0 Å². The number of H-pyrrole nitrogens is 1. The van der Waals surface area contributed by atoms with Crippen molar-refractivity contribution < 1.29 is 0 Å². The molecule has 1 atom stereocenters. The van der Waals surface area contributed by atoms with Gasteiger partial charge in [-0.1, -0.05) is 54.1 Å². The summed E-state index contributed by atoms with van der Waals surface area (Å²) in [6.07, 6.45) is 1.84. The lowest BCUT2D eigenvalue weighted by Crippen LogP contribution is -2.47. The summed E-state index contributed by atoms with van der Waals surface area (Å²) in [5.74, 6) is 0. The summed E-state index contributed by atoms with van der Waals surface area (Å²) >= 11 is 6.34. The van der Waals surface area contributed by atoms with Crippen molar-refractivity contribution in [2.45, 2.75) is 19.5 Å². The molecule has 0 spiro atoms. The minimum atomic E-state index is 0.219. The Balaban J connectivity index is 1.49. The lowest BCUT2D eigenvalue weighted by molar-refractivity contribution is 0.103. The van der Waals surface area contributed by atoms with Crippen LogP contribution in [-0.2, 0) is 6.54 Å². The third kappa shape index (κ3) is 4.08. The van der Waals surface area contributed by atoms with Gasteiger partial charge < -0.3 is 0 Å². The number of nitrogens with zero attached hydrogens (tertiary/aromatic N) is 3. The normalized spacial score (nSPS) is 17.1. The largest absolute Gasteiger partial charge is 0.296 e. The molecule has 1 saturated heterocycles. The van der Waals surface area contributed by atoms with Crippen molar-refractivity contribution in [2.24, 2.45) is 0 Å². The SMILES string of the molecule is Cc1ccccc1C(c1ccn[nH]1)N1CCN(Cc2ccccc2Cl)CC1. The molecule has 0 amide bonds. The summed E-state index contributed by atoms with van der Waals surface area (Å²) < 4.78 is 0. The summed E-state index contributed by atoms with van der Waals surface area (Å²) in [6, 6.07) is 19.1. The van der Waals surface area contributed by atoms with Gasteiger partial charge in [-0.2, -0.15) is 5.10 Å². The van der Waals surface area contributed by atoms with E-state index in [1.165, 1.54) is 16.7 Å². The van der Waals surface area contributed by atoms with E-state index in [0.29, 0.717) is 0 Å². The minimum absolute atomic E-state index is 0.219. The summed E-state index contributed by atoms with van der Waals surface area (Å²) in [4.78, 5) is 5.04. The van der Waals surface area contributed by atoms with Crippen LogP contribution in [0.5, 0.6) is 0 Å². The predicted octanol–water partition coefficient (Wildman–Crippen LogP) is 4.28. The van der Waals surface area contributed by atoms with Gasteiger partial charge in [-0.05, 0) is 35.7 Å². The van der Waals surface area contributed by atoms with Crippen LogP contribution in [0.25, 0.3) is 0 Å². The van der Waals surface area contributed by atoms with Gasteiger partial charge in [-0.15, -0.1) is 0 Å². The minimum Gasteiger partial charge on any atom is -0.296 e. The Labute approximate surface area is 165 Å². The topological polar surface area (TPSA) is 35.2 Å². The third-order valence-electron chi connectivity index (χ3n) is 5.42. The average Bonchev–Trinajstić information content (AvgIpc) is 3.21. The molecule has 0 aliphatic carbocycles. The maximum absolute atomic E-state index is 6.34. The van der Waals surface area contributed by atoms with E-state index in [9.17, 15) is 0 Å². The smallest absolute Gasteiger partial charge is 0.0774 e. The van der Waals surface area contributed by atoms with Crippen LogP contribution in [0.3, 0.4) is 0 Å². The van der Waals surface area contributed by atoms with Crippen LogP contribution in [-0.4, -0.2) is 46.2 Å². The molecule has 27 heavy (non-hydrogen) atoms. The molecule has 1 unspecified atom stereocenters. The number of rotatable bonds is 5. The molecule has 0 saturated carbocycles. The van der Waals surface area contributed by atoms with Gasteiger partial charge in [0, 0.05) is 43.9 Å². The molecule has 0 bridgehead atoms. The number of benzene rings is 2. The Morgan fingerprint density at radius 2 is 1.74 bits per heavy atom. The predicted molar refractivity (Wildman–Crippen MR) is 110 cm³/mol. The molecular formula is C22H25ClN4. The Kier molecular flexibility index (Phi) is 5.58. The molecule has 140 valence electrons. The third-order valence-corrected chi connectivity index (χ3v) is 5.79. The van der Waals surface area contributed by atoms with E-state index in [1.54, 1.807) is 0 Å². The molecule has 1 aromatic heterocycles. The summed E-state index contributed by atoms with van der Waals surface area (Å²) in [7, 11) is 0. The van der Waals surface area contributed by atoms with Crippen LogP contribution in [0.4, 0.5) is 0 Å². The van der Waals surface area contributed by atoms with Gasteiger partial charge in [0.2, 0.25) is 0 Å². The Hall–Kier alpha value is -2.14. The van der Waals surface area contributed by atoms with Crippen LogP contribution in [0.15, 0.2) is 60.8 Å². The lowest BCUT2D eigenvalue weighted by Gasteiger charge is -2.39. The number of piperazine rings is 1. The highest BCUT2D eigenvalue weighted by Crippen LogP contribution is 2.30. The fourth-order valence-corrected chi connectivity index (χ4v) is 4.12. The molecule has 3 aromatic rings. The number of aryl methyl sites for hydroxylation is 1. The van der Waals surface area contributed by atoms with E-state index in [4.69, 9.17) is 11.6 Å². The second-order valence-electron chi connectivity index (χ2n) is 7.17. The maximum Gasteiger partial charge on any atom is 0.0774 e. The van der Waals surface area contributed by atoms with Crippen LogP contribution in [0, 0.1) is 6.92 Å². The van der Waals surface area contributed by atoms with E-state index in [1.807, 2.05) is 18.3 Å². The molecule has 1 fully saturated rings. The highest BCUT2D eigenvalue weighted by atomic mass is 35.5. The molecule has 1 N–H and O–H groups in total. The van der Waals surface area contributed by atoms with Crippen molar-refractivity contribution in [3.8, 4) is 0 Å². The van der Waals surface area contributed by atoms with E-state index < -0.39 is 0 Å².